The molecule has 1 aliphatic heterocycles. The summed E-state index contributed by atoms with van der Waals surface area (Å²) in [6, 6.07) is 0. The zero-order valence-corrected chi connectivity index (χ0v) is 7.22. The van der Waals surface area contributed by atoms with Gasteiger partial charge in [-0.15, -0.1) is 5.10 Å². The zero-order valence-electron chi connectivity index (χ0n) is 7.22. The number of methoxy groups -OCH3 is 1. The van der Waals surface area contributed by atoms with E-state index in [1.165, 1.54) is 5.57 Å². The van der Waals surface area contributed by atoms with Crippen molar-refractivity contribution in [2.24, 2.45) is 11.0 Å². The molecule has 0 aromatic rings. The molecule has 0 unspecified atom stereocenters. The fourth-order valence-corrected chi connectivity index (χ4v) is 0.926. The van der Waals surface area contributed by atoms with Crippen molar-refractivity contribution < 1.29 is 4.74 Å². The third-order valence-corrected chi connectivity index (χ3v) is 1.73. The number of hydrogen-bond acceptors (Lipinski definition) is 3. The summed E-state index contributed by atoms with van der Waals surface area (Å²) in [4.78, 5) is 0. The van der Waals surface area contributed by atoms with Crippen LogP contribution >= 0.6 is 0 Å². The lowest BCUT2D eigenvalue weighted by molar-refractivity contribution is 0.397. The number of nitrogens with one attached hydrogen (secondary N) is 1. The van der Waals surface area contributed by atoms with Crippen LogP contribution in [0.2, 0.25) is 0 Å². The van der Waals surface area contributed by atoms with E-state index in [1.807, 2.05) is 6.08 Å². The molecule has 0 saturated carbocycles. The quantitative estimate of drug-likeness (QED) is 0.614. The summed E-state index contributed by atoms with van der Waals surface area (Å²) < 4.78 is 4.98. The van der Waals surface area contributed by atoms with Crippen LogP contribution in [0.15, 0.2) is 16.8 Å². The Morgan fingerprint density at radius 3 is 2.91 bits per heavy atom. The van der Waals surface area contributed by atoms with Gasteiger partial charge in [-0.2, -0.15) is 0 Å². The molecule has 0 bridgehead atoms. The molecule has 62 valence electrons. The standard InChI is InChI=1S/C8H14N2O/c1-6(2)7-4-8(11-3)10-9-5-7/h4,6,9H,5H2,1-3H3. The first-order valence-corrected chi connectivity index (χ1v) is 3.79. The van der Waals surface area contributed by atoms with Crippen LogP contribution in [0.3, 0.4) is 0 Å². The third-order valence-electron chi connectivity index (χ3n) is 1.73. The van der Waals surface area contributed by atoms with Gasteiger partial charge in [0, 0.05) is 6.08 Å². The second-order valence-corrected chi connectivity index (χ2v) is 2.86. The van der Waals surface area contributed by atoms with Crippen molar-refractivity contribution in [3.05, 3.63) is 11.6 Å². The van der Waals surface area contributed by atoms with Gasteiger partial charge in [0.15, 0.2) is 0 Å². The molecule has 3 heteroatoms. The molecule has 11 heavy (non-hydrogen) atoms. The summed E-state index contributed by atoms with van der Waals surface area (Å²) in [7, 11) is 1.63. The number of rotatable bonds is 1. The molecule has 0 aliphatic carbocycles. The van der Waals surface area contributed by atoms with Crippen LogP contribution in [-0.2, 0) is 4.74 Å². The molecule has 1 aliphatic rings. The molecule has 0 aromatic heterocycles. The molecule has 0 aromatic carbocycles. The summed E-state index contributed by atoms with van der Waals surface area (Å²) in [6.07, 6.45) is 1.99. The van der Waals surface area contributed by atoms with Crippen LogP contribution in [0.5, 0.6) is 0 Å². The molecule has 0 atom stereocenters. The molecule has 1 N–H and O–H groups in total. The van der Waals surface area contributed by atoms with Gasteiger partial charge >= 0.3 is 0 Å². The van der Waals surface area contributed by atoms with Gasteiger partial charge in [0.2, 0.25) is 5.90 Å². The zero-order chi connectivity index (χ0) is 8.27. The first kappa shape index (κ1) is 8.11. The number of hydrazone groups is 1. The lowest BCUT2D eigenvalue weighted by Crippen LogP contribution is -2.22. The fraction of sp³-hybridized carbons (Fsp3) is 0.625. The maximum Gasteiger partial charge on any atom is 0.230 e. The minimum absolute atomic E-state index is 0.558. The van der Waals surface area contributed by atoms with Crippen molar-refractivity contribution in [2.75, 3.05) is 13.7 Å². The highest BCUT2D eigenvalue weighted by Crippen LogP contribution is 2.10. The molecule has 3 nitrogen and oxygen atoms in total. The maximum absolute atomic E-state index is 4.98. The Labute approximate surface area is 67.1 Å². The Bertz CT molecular complexity index is 194. The smallest absolute Gasteiger partial charge is 0.230 e. The lowest BCUT2D eigenvalue weighted by atomic mass is 10.0. The van der Waals surface area contributed by atoms with E-state index in [1.54, 1.807) is 7.11 Å². The van der Waals surface area contributed by atoms with Crippen LogP contribution in [0.25, 0.3) is 0 Å². The van der Waals surface area contributed by atoms with E-state index in [0.29, 0.717) is 11.8 Å². The summed E-state index contributed by atoms with van der Waals surface area (Å²) >= 11 is 0. The van der Waals surface area contributed by atoms with Crippen LogP contribution in [0.4, 0.5) is 0 Å². The number of hydrogen-bond donors (Lipinski definition) is 1. The number of nitrogens with zero attached hydrogens (tertiary/aromatic N) is 1. The Hall–Kier alpha value is -0.990. The highest BCUT2D eigenvalue weighted by atomic mass is 16.5. The molecule has 0 fully saturated rings. The van der Waals surface area contributed by atoms with Crippen molar-refractivity contribution in [2.45, 2.75) is 13.8 Å². The van der Waals surface area contributed by atoms with Crippen LogP contribution in [0.1, 0.15) is 13.8 Å². The summed E-state index contributed by atoms with van der Waals surface area (Å²) in [5, 5.41) is 3.95. The van der Waals surface area contributed by atoms with E-state index in [0.717, 1.165) is 6.54 Å². The molecule has 0 spiro atoms. The highest BCUT2D eigenvalue weighted by Gasteiger charge is 2.08. The Kier molecular flexibility index (Phi) is 2.52. The van der Waals surface area contributed by atoms with Gasteiger partial charge in [-0.05, 0) is 11.5 Å². The fourth-order valence-electron chi connectivity index (χ4n) is 0.926. The molecular formula is C8H14N2O. The van der Waals surface area contributed by atoms with E-state index in [-0.39, 0.29) is 0 Å². The lowest BCUT2D eigenvalue weighted by Gasteiger charge is -2.15. The first-order chi connectivity index (χ1) is 5.24. The minimum Gasteiger partial charge on any atom is -0.480 e. The second-order valence-electron chi connectivity index (χ2n) is 2.86. The normalized spacial score (nSPS) is 17.1. The van der Waals surface area contributed by atoms with Crippen molar-refractivity contribution in [3.63, 3.8) is 0 Å². The molecular weight excluding hydrogens is 140 g/mol. The maximum atomic E-state index is 4.98. The van der Waals surface area contributed by atoms with E-state index >= 15 is 0 Å². The minimum atomic E-state index is 0.558. The van der Waals surface area contributed by atoms with E-state index in [2.05, 4.69) is 24.4 Å². The van der Waals surface area contributed by atoms with E-state index < -0.39 is 0 Å². The van der Waals surface area contributed by atoms with Crippen LogP contribution < -0.4 is 5.43 Å². The summed E-state index contributed by atoms with van der Waals surface area (Å²) in [5.41, 5.74) is 4.24. The van der Waals surface area contributed by atoms with E-state index in [9.17, 15) is 0 Å². The van der Waals surface area contributed by atoms with Crippen LogP contribution in [-0.4, -0.2) is 19.6 Å². The van der Waals surface area contributed by atoms with Gasteiger partial charge in [-0.1, -0.05) is 13.8 Å². The average Bonchev–Trinajstić information content (AvgIpc) is 2.05. The predicted octanol–water partition coefficient (Wildman–Crippen LogP) is 1.13. The largest absolute Gasteiger partial charge is 0.480 e. The van der Waals surface area contributed by atoms with Gasteiger partial charge in [0.25, 0.3) is 0 Å². The van der Waals surface area contributed by atoms with Gasteiger partial charge in [-0.3, -0.25) is 0 Å². The summed E-state index contributed by atoms with van der Waals surface area (Å²) in [5.74, 6) is 1.23. The Balaban J connectivity index is 2.68. The first-order valence-electron chi connectivity index (χ1n) is 3.79. The molecule has 0 amide bonds. The predicted molar refractivity (Wildman–Crippen MR) is 45.4 cm³/mol. The third kappa shape index (κ3) is 1.97. The molecule has 0 saturated heterocycles. The second kappa shape index (κ2) is 3.42. The molecule has 0 radical (unpaired) electrons. The van der Waals surface area contributed by atoms with Crippen molar-refractivity contribution in [1.82, 2.24) is 5.43 Å². The van der Waals surface area contributed by atoms with Gasteiger partial charge < -0.3 is 10.2 Å². The Morgan fingerprint density at radius 2 is 2.36 bits per heavy atom. The highest BCUT2D eigenvalue weighted by molar-refractivity contribution is 5.88. The van der Waals surface area contributed by atoms with Crippen molar-refractivity contribution >= 4 is 5.90 Å². The van der Waals surface area contributed by atoms with Gasteiger partial charge in [-0.25, -0.2) is 0 Å². The van der Waals surface area contributed by atoms with Gasteiger partial charge in [0.05, 0.1) is 13.7 Å². The summed E-state index contributed by atoms with van der Waals surface area (Å²) in [6.45, 7) is 5.16. The average molecular weight is 154 g/mol. The Morgan fingerprint density at radius 1 is 1.64 bits per heavy atom. The van der Waals surface area contributed by atoms with E-state index in [4.69, 9.17) is 4.74 Å². The van der Waals surface area contributed by atoms with Gasteiger partial charge in [0.1, 0.15) is 0 Å². The van der Waals surface area contributed by atoms with Crippen LogP contribution in [0, 0.1) is 5.92 Å². The monoisotopic (exact) mass is 154 g/mol. The molecule has 1 rings (SSSR count). The number of ether oxygens (including phenoxy) is 1. The topological polar surface area (TPSA) is 33.6 Å². The molecule has 1 heterocycles. The van der Waals surface area contributed by atoms with Crippen molar-refractivity contribution in [1.29, 1.82) is 0 Å². The van der Waals surface area contributed by atoms with Crippen molar-refractivity contribution in [3.8, 4) is 0 Å². The SMILES string of the molecule is COC1=NNCC(C(C)C)=C1.